The summed E-state index contributed by atoms with van der Waals surface area (Å²) in [6.45, 7) is 3.97. The predicted molar refractivity (Wildman–Crippen MR) is 74.9 cm³/mol. The summed E-state index contributed by atoms with van der Waals surface area (Å²) in [5, 5.41) is 0. The fourth-order valence-electron chi connectivity index (χ4n) is 1.99. The minimum atomic E-state index is -0.218. The van der Waals surface area contributed by atoms with Crippen LogP contribution in [-0.4, -0.2) is 18.1 Å². The van der Waals surface area contributed by atoms with Gasteiger partial charge in [0, 0.05) is 11.3 Å². The standard InChI is InChI=1S/C16H17NO2/c1-11-9-14(15-6-4-5-12(2)17-15)8-7-13(11)10-16(18)19-3/h4-9H,10H2,1-3H3. The van der Waals surface area contributed by atoms with Crippen LogP contribution in [0, 0.1) is 13.8 Å². The van der Waals surface area contributed by atoms with E-state index in [4.69, 9.17) is 0 Å². The number of nitrogens with zero attached hydrogens (tertiary/aromatic N) is 1. The molecule has 3 heteroatoms. The van der Waals surface area contributed by atoms with Crippen molar-refractivity contribution in [2.45, 2.75) is 20.3 Å². The fraction of sp³-hybridized carbons (Fsp3) is 0.250. The second-order valence-corrected chi connectivity index (χ2v) is 4.56. The summed E-state index contributed by atoms with van der Waals surface area (Å²) in [5.74, 6) is -0.218. The highest BCUT2D eigenvalue weighted by Gasteiger charge is 2.07. The van der Waals surface area contributed by atoms with Gasteiger partial charge < -0.3 is 4.74 Å². The van der Waals surface area contributed by atoms with E-state index in [0.717, 1.165) is 28.1 Å². The molecule has 1 aromatic heterocycles. The molecule has 19 heavy (non-hydrogen) atoms. The summed E-state index contributed by atoms with van der Waals surface area (Å²) in [6, 6.07) is 12.0. The van der Waals surface area contributed by atoms with Gasteiger partial charge in [0.1, 0.15) is 0 Å². The highest BCUT2D eigenvalue weighted by atomic mass is 16.5. The van der Waals surface area contributed by atoms with Crippen LogP contribution >= 0.6 is 0 Å². The van der Waals surface area contributed by atoms with Crippen molar-refractivity contribution < 1.29 is 9.53 Å². The predicted octanol–water partition coefficient (Wildman–Crippen LogP) is 3.08. The number of methoxy groups -OCH3 is 1. The number of pyridine rings is 1. The van der Waals surface area contributed by atoms with E-state index in [0.29, 0.717) is 6.42 Å². The van der Waals surface area contributed by atoms with Gasteiger partial charge in [-0.1, -0.05) is 18.2 Å². The number of hydrogen-bond donors (Lipinski definition) is 0. The number of aryl methyl sites for hydroxylation is 2. The maximum atomic E-state index is 11.3. The Morgan fingerprint density at radius 1 is 1.21 bits per heavy atom. The van der Waals surface area contributed by atoms with Crippen molar-refractivity contribution >= 4 is 5.97 Å². The molecule has 0 amide bonds. The fourth-order valence-corrected chi connectivity index (χ4v) is 1.99. The molecule has 0 saturated heterocycles. The van der Waals surface area contributed by atoms with Crippen molar-refractivity contribution in [2.24, 2.45) is 0 Å². The van der Waals surface area contributed by atoms with Gasteiger partial charge in [0.25, 0.3) is 0 Å². The Hall–Kier alpha value is -2.16. The van der Waals surface area contributed by atoms with Crippen LogP contribution in [0.2, 0.25) is 0 Å². The highest BCUT2D eigenvalue weighted by molar-refractivity contribution is 5.73. The Morgan fingerprint density at radius 2 is 2.00 bits per heavy atom. The van der Waals surface area contributed by atoms with Crippen LogP contribution in [0.5, 0.6) is 0 Å². The molecule has 0 bridgehead atoms. The number of aromatic nitrogens is 1. The third kappa shape index (κ3) is 3.19. The minimum Gasteiger partial charge on any atom is -0.469 e. The molecule has 1 heterocycles. The van der Waals surface area contributed by atoms with E-state index >= 15 is 0 Å². The molecule has 1 aromatic carbocycles. The lowest BCUT2D eigenvalue weighted by Crippen LogP contribution is -2.05. The summed E-state index contributed by atoms with van der Waals surface area (Å²) in [4.78, 5) is 15.8. The van der Waals surface area contributed by atoms with E-state index in [1.165, 1.54) is 7.11 Å². The first-order chi connectivity index (χ1) is 9.10. The topological polar surface area (TPSA) is 39.2 Å². The van der Waals surface area contributed by atoms with E-state index in [2.05, 4.69) is 15.8 Å². The van der Waals surface area contributed by atoms with Crippen molar-refractivity contribution in [1.82, 2.24) is 4.98 Å². The number of ether oxygens (including phenoxy) is 1. The zero-order chi connectivity index (χ0) is 13.8. The van der Waals surface area contributed by atoms with E-state index in [1.54, 1.807) is 0 Å². The van der Waals surface area contributed by atoms with Gasteiger partial charge in [0.2, 0.25) is 0 Å². The molecule has 0 aliphatic rings. The molecule has 98 valence electrons. The lowest BCUT2D eigenvalue weighted by atomic mass is 10.0. The molecule has 0 saturated carbocycles. The molecule has 0 fully saturated rings. The van der Waals surface area contributed by atoms with Gasteiger partial charge in [0.05, 0.1) is 19.2 Å². The average molecular weight is 255 g/mol. The van der Waals surface area contributed by atoms with Gasteiger partial charge in [0.15, 0.2) is 0 Å². The lowest BCUT2D eigenvalue weighted by molar-refractivity contribution is -0.139. The Kier molecular flexibility index (Phi) is 3.95. The number of carbonyl (C=O) groups excluding carboxylic acids is 1. The summed E-state index contributed by atoms with van der Waals surface area (Å²) in [7, 11) is 1.41. The van der Waals surface area contributed by atoms with Crippen LogP contribution in [0.4, 0.5) is 0 Å². The second kappa shape index (κ2) is 5.65. The van der Waals surface area contributed by atoms with Gasteiger partial charge in [-0.15, -0.1) is 0 Å². The van der Waals surface area contributed by atoms with Crippen LogP contribution in [-0.2, 0) is 16.0 Å². The zero-order valence-corrected chi connectivity index (χ0v) is 11.4. The van der Waals surface area contributed by atoms with Gasteiger partial charge in [-0.2, -0.15) is 0 Å². The second-order valence-electron chi connectivity index (χ2n) is 4.56. The molecule has 0 atom stereocenters. The summed E-state index contributed by atoms with van der Waals surface area (Å²) in [5.41, 5.74) is 5.07. The lowest BCUT2D eigenvalue weighted by Gasteiger charge is -2.08. The van der Waals surface area contributed by atoms with Gasteiger partial charge in [-0.05, 0) is 43.2 Å². The first kappa shape index (κ1) is 13.3. The van der Waals surface area contributed by atoms with Crippen LogP contribution in [0.3, 0.4) is 0 Å². The maximum Gasteiger partial charge on any atom is 0.309 e. The van der Waals surface area contributed by atoms with E-state index < -0.39 is 0 Å². The summed E-state index contributed by atoms with van der Waals surface area (Å²) >= 11 is 0. The van der Waals surface area contributed by atoms with Crippen molar-refractivity contribution in [3.63, 3.8) is 0 Å². The Morgan fingerprint density at radius 3 is 2.63 bits per heavy atom. The molecule has 0 spiro atoms. The molecular formula is C16H17NO2. The highest BCUT2D eigenvalue weighted by Crippen LogP contribution is 2.21. The van der Waals surface area contributed by atoms with E-state index in [9.17, 15) is 4.79 Å². The van der Waals surface area contributed by atoms with Gasteiger partial charge >= 0.3 is 5.97 Å². The van der Waals surface area contributed by atoms with Crippen molar-refractivity contribution in [3.05, 3.63) is 53.2 Å². The third-order valence-electron chi connectivity index (χ3n) is 3.09. The third-order valence-corrected chi connectivity index (χ3v) is 3.09. The molecule has 0 unspecified atom stereocenters. The minimum absolute atomic E-state index is 0.218. The number of carbonyl (C=O) groups is 1. The normalized spacial score (nSPS) is 10.3. The van der Waals surface area contributed by atoms with Crippen LogP contribution in [0.25, 0.3) is 11.3 Å². The molecule has 0 radical (unpaired) electrons. The Labute approximate surface area is 113 Å². The van der Waals surface area contributed by atoms with Crippen LogP contribution in [0.15, 0.2) is 36.4 Å². The molecule has 2 rings (SSSR count). The molecule has 3 nitrogen and oxygen atoms in total. The molecule has 0 aliphatic carbocycles. The quantitative estimate of drug-likeness (QED) is 0.791. The van der Waals surface area contributed by atoms with Gasteiger partial charge in [-0.25, -0.2) is 0 Å². The molecule has 0 N–H and O–H groups in total. The number of rotatable bonds is 3. The maximum absolute atomic E-state index is 11.3. The van der Waals surface area contributed by atoms with Crippen LogP contribution in [0.1, 0.15) is 16.8 Å². The molecular weight excluding hydrogens is 238 g/mol. The van der Waals surface area contributed by atoms with Crippen molar-refractivity contribution in [2.75, 3.05) is 7.11 Å². The largest absolute Gasteiger partial charge is 0.469 e. The van der Waals surface area contributed by atoms with Crippen molar-refractivity contribution in [3.8, 4) is 11.3 Å². The van der Waals surface area contributed by atoms with Crippen LogP contribution < -0.4 is 0 Å². The monoisotopic (exact) mass is 255 g/mol. The first-order valence-corrected chi connectivity index (χ1v) is 6.20. The summed E-state index contributed by atoms with van der Waals surface area (Å²) < 4.78 is 4.69. The zero-order valence-electron chi connectivity index (χ0n) is 11.4. The SMILES string of the molecule is COC(=O)Cc1ccc(-c2cccc(C)n2)cc1C. The Balaban J connectivity index is 2.31. The molecule has 2 aromatic rings. The number of esters is 1. The first-order valence-electron chi connectivity index (χ1n) is 6.20. The van der Waals surface area contributed by atoms with Gasteiger partial charge in [-0.3, -0.25) is 9.78 Å². The molecule has 0 aliphatic heterocycles. The van der Waals surface area contributed by atoms with E-state index in [-0.39, 0.29) is 5.97 Å². The van der Waals surface area contributed by atoms with E-state index in [1.807, 2.05) is 44.2 Å². The Bertz CT molecular complexity index is 605. The smallest absolute Gasteiger partial charge is 0.309 e. The number of benzene rings is 1. The summed E-state index contributed by atoms with van der Waals surface area (Å²) in [6.07, 6.45) is 0.309. The number of hydrogen-bond acceptors (Lipinski definition) is 3. The van der Waals surface area contributed by atoms with Crippen molar-refractivity contribution in [1.29, 1.82) is 0 Å². The average Bonchev–Trinajstić information content (AvgIpc) is 2.41.